The van der Waals surface area contributed by atoms with Crippen molar-refractivity contribution in [2.45, 2.75) is 64.3 Å². The summed E-state index contributed by atoms with van der Waals surface area (Å²) in [6.45, 7) is 2.00. The summed E-state index contributed by atoms with van der Waals surface area (Å²) in [5.41, 5.74) is 1.32. The molecule has 2 aliphatic carbocycles. The first-order chi connectivity index (χ1) is 11.5. The van der Waals surface area contributed by atoms with Gasteiger partial charge in [-0.15, -0.1) is 0 Å². The summed E-state index contributed by atoms with van der Waals surface area (Å²) in [6, 6.07) is 6.15. The first-order valence-corrected chi connectivity index (χ1v) is 9.65. The van der Waals surface area contributed by atoms with Crippen molar-refractivity contribution in [2.24, 2.45) is 5.41 Å². The molecule has 5 heteroatoms. The molecule has 4 nitrogen and oxygen atoms in total. The number of rotatable bonds is 5. The van der Waals surface area contributed by atoms with Gasteiger partial charge in [-0.3, -0.25) is 9.59 Å². The number of benzene rings is 1. The van der Waals surface area contributed by atoms with E-state index in [0.29, 0.717) is 12.5 Å². The Morgan fingerprint density at radius 2 is 1.92 bits per heavy atom. The van der Waals surface area contributed by atoms with Crippen molar-refractivity contribution in [1.82, 2.24) is 5.32 Å². The van der Waals surface area contributed by atoms with E-state index in [1.807, 2.05) is 25.1 Å². The van der Waals surface area contributed by atoms with E-state index in [1.54, 1.807) is 0 Å². The van der Waals surface area contributed by atoms with Crippen LogP contribution >= 0.6 is 15.9 Å². The number of hydrogen-bond acceptors (Lipinski definition) is 2. The van der Waals surface area contributed by atoms with E-state index in [4.69, 9.17) is 0 Å². The van der Waals surface area contributed by atoms with Crippen LogP contribution in [0.2, 0.25) is 0 Å². The van der Waals surface area contributed by atoms with Crippen molar-refractivity contribution in [1.29, 1.82) is 0 Å². The third-order valence-electron chi connectivity index (χ3n) is 5.15. The molecule has 24 heavy (non-hydrogen) atoms. The summed E-state index contributed by atoms with van der Waals surface area (Å²) >= 11 is 3.48. The van der Waals surface area contributed by atoms with Gasteiger partial charge in [-0.2, -0.15) is 0 Å². The summed E-state index contributed by atoms with van der Waals surface area (Å²) in [5, 5.41) is 6.09. The van der Waals surface area contributed by atoms with Crippen LogP contribution in [0.4, 0.5) is 5.69 Å². The number of anilines is 1. The molecule has 1 aromatic rings. The van der Waals surface area contributed by atoms with Crippen molar-refractivity contribution in [2.75, 3.05) is 5.32 Å². The van der Waals surface area contributed by atoms with Crippen molar-refractivity contribution < 1.29 is 9.59 Å². The number of hydrogen-bond donors (Lipinski definition) is 2. The minimum Gasteiger partial charge on any atom is -0.353 e. The molecular formula is C19H25BrN2O2. The molecule has 0 unspecified atom stereocenters. The fourth-order valence-corrected chi connectivity index (χ4v) is 3.76. The van der Waals surface area contributed by atoms with E-state index in [-0.39, 0.29) is 11.8 Å². The van der Waals surface area contributed by atoms with E-state index in [2.05, 4.69) is 26.6 Å². The topological polar surface area (TPSA) is 58.2 Å². The monoisotopic (exact) mass is 392 g/mol. The van der Waals surface area contributed by atoms with E-state index in [0.717, 1.165) is 60.7 Å². The lowest BCUT2D eigenvalue weighted by molar-refractivity contribution is -0.134. The highest BCUT2D eigenvalue weighted by atomic mass is 79.9. The summed E-state index contributed by atoms with van der Waals surface area (Å²) < 4.78 is 1.02. The first-order valence-electron chi connectivity index (χ1n) is 8.85. The van der Waals surface area contributed by atoms with E-state index in [9.17, 15) is 9.59 Å². The molecule has 2 N–H and O–H groups in total. The highest BCUT2D eigenvalue weighted by molar-refractivity contribution is 9.10. The van der Waals surface area contributed by atoms with Gasteiger partial charge in [0.25, 0.3) is 0 Å². The SMILES string of the molecule is Cc1cc(NC(=O)C2(CC(=O)NC3CC3)CCCCC2)ccc1Br. The Morgan fingerprint density at radius 1 is 1.21 bits per heavy atom. The fraction of sp³-hybridized carbons (Fsp3) is 0.579. The Kier molecular flexibility index (Phi) is 5.28. The van der Waals surface area contributed by atoms with E-state index >= 15 is 0 Å². The number of carbonyl (C=O) groups is 2. The average molecular weight is 393 g/mol. The van der Waals surface area contributed by atoms with Crippen molar-refractivity contribution >= 4 is 33.4 Å². The second kappa shape index (κ2) is 7.26. The first kappa shape index (κ1) is 17.5. The van der Waals surface area contributed by atoms with Crippen molar-refractivity contribution in [3.05, 3.63) is 28.2 Å². The third-order valence-corrected chi connectivity index (χ3v) is 6.04. The fourth-order valence-electron chi connectivity index (χ4n) is 3.51. The molecule has 2 fully saturated rings. The van der Waals surface area contributed by atoms with Crippen LogP contribution in [-0.2, 0) is 9.59 Å². The molecule has 3 rings (SSSR count). The van der Waals surface area contributed by atoms with Gasteiger partial charge in [0.1, 0.15) is 0 Å². The van der Waals surface area contributed by atoms with Crippen LogP contribution in [0.15, 0.2) is 22.7 Å². The molecule has 0 saturated heterocycles. The lowest BCUT2D eigenvalue weighted by Gasteiger charge is -2.35. The minimum absolute atomic E-state index is 0.00475. The largest absolute Gasteiger partial charge is 0.353 e. The second-order valence-electron chi connectivity index (χ2n) is 7.28. The van der Waals surface area contributed by atoms with Gasteiger partial charge in [0.2, 0.25) is 11.8 Å². The number of halogens is 1. The minimum atomic E-state index is -0.557. The molecular weight excluding hydrogens is 368 g/mol. The van der Waals surface area contributed by atoms with E-state index < -0.39 is 5.41 Å². The summed E-state index contributed by atoms with van der Waals surface area (Å²) in [6.07, 6.45) is 7.24. The van der Waals surface area contributed by atoms with Gasteiger partial charge in [0.15, 0.2) is 0 Å². The van der Waals surface area contributed by atoms with Gasteiger partial charge in [0, 0.05) is 22.6 Å². The molecule has 2 saturated carbocycles. The maximum Gasteiger partial charge on any atom is 0.231 e. The molecule has 0 aliphatic heterocycles. The normalized spacial score (nSPS) is 19.6. The zero-order chi connectivity index (χ0) is 17.2. The smallest absolute Gasteiger partial charge is 0.231 e. The highest BCUT2D eigenvalue weighted by Gasteiger charge is 2.42. The number of aryl methyl sites for hydroxylation is 1. The molecule has 1 aromatic carbocycles. The maximum absolute atomic E-state index is 13.0. The molecule has 0 spiro atoms. The predicted molar refractivity (Wildman–Crippen MR) is 98.8 cm³/mol. The number of nitrogens with one attached hydrogen (secondary N) is 2. The molecule has 0 bridgehead atoms. The Morgan fingerprint density at radius 3 is 2.54 bits per heavy atom. The van der Waals surface area contributed by atoms with Crippen LogP contribution < -0.4 is 10.6 Å². The van der Waals surface area contributed by atoms with Crippen molar-refractivity contribution in [3.63, 3.8) is 0 Å². The zero-order valence-electron chi connectivity index (χ0n) is 14.2. The number of amides is 2. The lowest BCUT2D eigenvalue weighted by Crippen LogP contribution is -2.42. The van der Waals surface area contributed by atoms with Crippen LogP contribution in [0.1, 0.15) is 56.9 Å². The van der Waals surface area contributed by atoms with Gasteiger partial charge in [-0.05, 0) is 56.4 Å². The third kappa shape index (κ3) is 4.18. The highest BCUT2D eigenvalue weighted by Crippen LogP contribution is 2.41. The predicted octanol–water partition coefficient (Wildman–Crippen LogP) is 4.32. The molecule has 0 heterocycles. The second-order valence-corrected chi connectivity index (χ2v) is 8.13. The van der Waals surface area contributed by atoms with Crippen LogP contribution in [0, 0.1) is 12.3 Å². The molecule has 2 aliphatic rings. The van der Waals surface area contributed by atoms with Gasteiger partial charge in [-0.25, -0.2) is 0 Å². The standard InChI is InChI=1S/C19H25BrN2O2/c1-13-11-15(7-8-16(13)20)22-18(24)19(9-3-2-4-10-19)12-17(23)21-14-5-6-14/h7-8,11,14H,2-6,9-10,12H2,1H3,(H,21,23)(H,22,24). The van der Waals surface area contributed by atoms with Gasteiger partial charge >= 0.3 is 0 Å². The lowest BCUT2D eigenvalue weighted by atomic mass is 9.70. The van der Waals surface area contributed by atoms with Gasteiger partial charge in [-0.1, -0.05) is 35.2 Å². The molecule has 0 atom stereocenters. The van der Waals surface area contributed by atoms with Gasteiger partial charge in [0.05, 0.1) is 5.41 Å². The molecule has 0 aromatic heterocycles. The Bertz CT molecular complexity index is 634. The van der Waals surface area contributed by atoms with Crippen LogP contribution in [0.5, 0.6) is 0 Å². The van der Waals surface area contributed by atoms with E-state index in [1.165, 1.54) is 0 Å². The summed E-state index contributed by atoms with van der Waals surface area (Å²) in [4.78, 5) is 25.3. The molecule has 2 amide bonds. The molecule has 130 valence electrons. The number of carbonyl (C=O) groups excluding carboxylic acids is 2. The zero-order valence-corrected chi connectivity index (χ0v) is 15.7. The van der Waals surface area contributed by atoms with Crippen molar-refractivity contribution in [3.8, 4) is 0 Å². The van der Waals surface area contributed by atoms with Crippen LogP contribution in [-0.4, -0.2) is 17.9 Å². The Balaban J connectivity index is 1.72. The van der Waals surface area contributed by atoms with Crippen LogP contribution in [0.3, 0.4) is 0 Å². The summed E-state index contributed by atoms with van der Waals surface area (Å²) in [7, 11) is 0. The Hall–Kier alpha value is -1.36. The van der Waals surface area contributed by atoms with Crippen LogP contribution in [0.25, 0.3) is 0 Å². The quantitative estimate of drug-likeness (QED) is 0.783. The molecule has 0 radical (unpaired) electrons. The maximum atomic E-state index is 13.0. The Labute approximate surface area is 151 Å². The van der Waals surface area contributed by atoms with Gasteiger partial charge < -0.3 is 10.6 Å². The summed E-state index contributed by atoms with van der Waals surface area (Å²) in [5.74, 6) is 0.0245. The average Bonchev–Trinajstić information content (AvgIpc) is 3.35.